The van der Waals surface area contributed by atoms with Gasteiger partial charge in [0.25, 0.3) is 0 Å². The summed E-state index contributed by atoms with van der Waals surface area (Å²) >= 11 is 0. The molecule has 0 saturated carbocycles. The maximum absolute atomic E-state index is 5.11. The molecule has 0 spiro atoms. The lowest BCUT2D eigenvalue weighted by Gasteiger charge is -1.91. The molecule has 0 fully saturated rings. The molecule has 0 unspecified atom stereocenters. The molecule has 1 aromatic carbocycles. The van der Waals surface area contributed by atoms with Crippen molar-refractivity contribution in [1.29, 1.82) is 0 Å². The van der Waals surface area contributed by atoms with Gasteiger partial charge in [-0.2, -0.15) is 0 Å². The molecule has 0 aliphatic carbocycles. The molecule has 0 aliphatic heterocycles. The van der Waals surface area contributed by atoms with Crippen LogP contribution in [0.15, 0.2) is 47.2 Å². The van der Waals surface area contributed by atoms with Crippen LogP contribution in [0.1, 0.15) is 13.8 Å². The number of benzene rings is 1. The van der Waals surface area contributed by atoms with Crippen molar-refractivity contribution in [3.05, 3.63) is 42.8 Å². The van der Waals surface area contributed by atoms with Crippen molar-refractivity contribution in [2.75, 3.05) is 0 Å². The molecular formula is C11H13NO. The topological polar surface area (TPSA) is 26.0 Å². The van der Waals surface area contributed by atoms with Gasteiger partial charge in [-0.05, 0) is 12.1 Å². The first-order chi connectivity index (χ1) is 6.47. The molecule has 0 bridgehead atoms. The van der Waals surface area contributed by atoms with Crippen molar-refractivity contribution < 1.29 is 4.42 Å². The van der Waals surface area contributed by atoms with Gasteiger partial charge in [0, 0.05) is 5.56 Å². The number of aromatic nitrogens is 1. The average Bonchev–Trinajstić information content (AvgIpc) is 2.75. The second-order valence-electron chi connectivity index (χ2n) is 2.20. The molecular weight excluding hydrogens is 162 g/mol. The number of nitrogens with zero attached hydrogens (tertiary/aromatic N) is 1. The van der Waals surface area contributed by atoms with E-state index in [0.29, 0.717) is 5.89 Å². The van der Waals surface area contributed by atoms with E-state index in [-0.39, 0.29) is 0 Å². The molecule has 2 nitrogen and oxygen atoms in total. The fraction of sp³-hybridized carbons (Fsp3) is 0.182. The minimum atomic E-state index is 0.672. The van der Waals surface area contributed by atoms with Gasteiger partial charge >= 0.3 is 0 Å². The van der Waals surface area contributed by atoms with Crippen LogP contribution >= 0.6 is 0 Å². The highest BCUT2D eigenvalue weighted by molar-refractivity contribution is 5.51. The van der Waals surface area contributed by atoms with Crippen LogP contribution in [0.2, 0.25) is 0 Å². The van der Waals surface area contributed by atoms with Gasteiger partial charge < -0.3 is 4.42 Å². The zero-order chi connectivity index (χ0) is 9.52. The summed E-state index contributed by atoms with van der Waals surface area (Å²) in [6, 6.07) is 9.81. The largest absolute Gasteiger partial charge is 0.445 e. The van der Waals surface area contributed by atoms with E-state index in [1.165, 1.54) is 0 Å². The molecule has 1 aromatic heterocycles. The molecule has 68 valence electrons. The Morgan fingerprint density at radius 2 is 1.77 bits per heavy atom. The zero-order valence-electron chi connectivity index (χ0n) is 7.90. The SMILES string of the molecule is CC.c1ccc(-c2ncco2)cc1. The summed E-state index contributed by atoms with van der Waals surface area (Å²) in [6.07, 6.45) is 3.21. The molecule has 13 heavy (non-hydrogen) atoms. The van der Waals surface area contributed by atoms with E-state index in [0.717, 1.165) is 5.56 Å². The van der Waals surface area contributed by atoms with Crippen LogP contribution in [0.4, 0.5) is 0 Å². The van der Waals surface area contributed by atoms with E-state index < -0.39 is 0 Å². The summed E-state index contributed by atoms with van der Waals surface area (Å²) in [4.78, 5) is 4.02. The Kier molecular flexibility index (Phi) is 3.76. The van der Waals surface area contributed by atoms with Crippen LogP contribution < -0.4 is 0 Å². The Morgan fingerprint density at radius 3 is 2.31 bits per heavy atom. The highest BCUT2D eigenvalue weighted by atomic mass is 16.3. The third kappa shape index (κ3) is 2.44. The molecule has 0 amide bonds. The van der Waals surface area contributed by atoms with Crippen LogP contribution in [0.5, 0.6) is 0 Å². The van der Waals surface area contributed by atoms with Gasteiger partial charge in [-0.3, -0.25) is 0 Å². The normalized spacial score (nSPS) is 8.77. The van der Waals surface area contributed by atoms with Crippen molar-refractivity contribution in [3.63, 3.8) is 0 Å². The third-order valence-electron chi connectivity index (χ3n) is 1.45. The van der Waals surface area contributed by atoms with Crippen LogP contribution in [0.3, 0.4) is 0 Å². The average molecular weight is 175 g/mol. The van der Waals surface area contributed by atoms with Crippen LogP contribution in [0, 0.1) is 0 Å². The van der Waals surface area contributed by atoms with E-state index in [2.05, 4.69) is 4.98 Å². The highest BCUT2D eigenvalue weighted by Crippen LogP contribution is 2.14. The smallest absolute Gasteiger partial charge is 0.225 e. The first kappa shape index (κ1) is 9.52. The van der Waals surface area contributed by atoms with E-state index in [1.807, 2.05) is 44.2 Å². The summed E-state index contributed by atoms with van der Waals surface area (Å²) in [6.45, 7) is 4.00. The highest BCUT2D eigenvalue weighted by Gasteiger charge is 1.97. The van der Waals surface area contributed by atoms with Crippen molar-refractivity contribution in [3.8, 4) is 11.5 Å². The van der Waals surface area contributed by atoms with Crippen molar-refractivity contribution in [2.45, 2.75) is 13.8 Å². The molecule has 2 aromatic rings. The monoisotopic (exact) mass is 175 g/mol. The Bertz CT molecular complexity index is 313. The van der Waals surface area contributed by atoms with Gasteiger partial charge in [0.05, 0.1) is 6.20 Å². The summed E-state index contributed by atoms with van der Waals surface area (Å²) in [5.41, 5.74) is 1.01. The predicted molar refractivity (Wildman–Crippen MR) is 53.3 cm³/mol. The molecule has 1 heterocycles. The van der Waals surface area contributed by atoms with Gasteiger partial charge in [-0.25, -0.2) is 4.98 Å². The fourth-order valence-electron chi connectivity index (χ4n) is 0.947. The fourth-order valence-corrected chi connectivity index (χ4v) is 0.947. The van der Waals surface area contributed by atoms with Gasteiger partial charge in [-0.15, -0.1) is 0 Å². The molecule has 2 rings (SSSR count). The molecule has 0 N–H and O–H groups in total. The second kappa shape index (κ2) is 5.14. The van der Waals surface area contributed by atoms with Gasteiger partial charge in [0.1, 0.15) is 6.26 Å². The maximum atomic E-state index is 5.11. The molecule has 0 saturated heterocycles. The standard InChI is InChI=1S/C9H7NO.C2H6/c1-2-4-8(5-3-1)9-10-6-7-11-9;1-2/h1-7H;1-2H3. The van der Waals surface area contributed by atoms with Gasteiger partial charge in [0.15, 0.2) is 0 Å². The van der Waals surface area contributed by atoms with Crippen molar-refractivity contribution in [2.24, 2.45) is 0 Å². The number of hydrogen-bond acceptors (Lipinski definition) is 2. The van der Waals surface area contributed by atoms with E-state index in [9.17, 15) is 0 Å². The molecule has 0 aliphatic rings. The number of oxazole rings is 1. The maximum Gasteiger partial charge on any atom is 0.225 e. The lowest BCUT2D eigenvalue weighted by molar-refractivity contribution is 0.574. The molecule has 2 heteroatoms. The minimum absolute atomic E-state index is 0.672. The van der Waals surface area contributed by atoms with Crippen molar-refractivity contribution in [1.82, 2.24) is 4.98 Å². The third-order valence-corrected chi connectivity index (χ3v) is 1.45. The predicted octanol–water partition coefficient (Wildman–Crippen LogP) is 3.37. The molecule has 0 atom stereocenters. The molecule has 0 radical (unpaired) electrons. The van der Waals surface area contributed by atoms with Crippen LogP contribution in [-0.4, -0.2) is 4.98 Å². The van der Waals surface area contributed by atoms with E-state index >= 15 is 0 Å². The minimum Gasteiger partial charge on any atom is -0.445 e. The summed E-state index contributed by atoms with van der Waals surface area (Å²) in [5.74, 6) is 0.672. The number of rotatable bonds is 1. The Morgan fingerprint density at radius 1 is 1.08 bits per heavy atom. The summed E-state index contributed by atoms with van der Waals surface area (Å²) in [5, 5.41) is 0. The zero-order valence-corrected chi connectivity index (χ0v) is 7.90. The number of hydrogen-bond donors (Lipinski definition) is 0. The Balaban J connectivity index is 0.000000396. The summed E-state index contributed by atoms with van der Waals surface area (Å²) < 4.78 is 5.11. The van der Waals surface area contributed by atoms with Crippen LogP contribution in [0.25, 0.3) is 11.5 Å². The first-order valence-electron chi connectivity index (χ1n) is 4.42. The quantitative estimate of drug-likeness (QED) is 0.664. The lowest BCUT2D eigenvalue weighted by Crippen LogP contribution is -1.73. The Labute approximate surface area is 78.2 Å². The van der Waals surface area contributed by atoms with Crippen molar-refractivity contribution >= 4 is 0 Å². The van der Waals surface area contributed by atoms with Gasteiger partial charge in [0.2, 0.25) is 5.89 Å². The second-order valence-corrected chi connectivity index (χ2v) is 2.20. The first-order valence-corrected chi connectivity index (χ1v) is 4.42. The van der Waals surface area contributed by atoms with Gasteiger partial charge in [-0.1, -0.05) is 32.0 Å². The van der Waals surface area contributed by atoms with E-state index in [1.54, 1.807) is 12.5 Å². The van der Waals surface area contributed by atoms with Crippen LogP contribution in [-0.2, 0) is 0 Å². The lowest BCUT2D eigenvalue weighted by atomic mass is 10.2. The van der Waals surface area contributed by atoms with E-state index in [4.69, 9.17) is 4.42 Å². The Hall–Kier alpha value is -1.57. The summed E-state index contributed by atoms with van der Waals surface area (Å²) in [7, 11) is 0.